The molecule has 0 bridgehead atoms. The van der Waals surface area contributed by atoms with Crippen LogP contribution in [0.5, 0.6) is 0 Å². The van der Waals surface area contributed by atoms with Crippen molar-refractivity contribution in [2.24, 2.45) is 0 Å². The van der Waals surface area contributed by atoms with E-state index in [4.69, 9.17) is 5.26 Å². The van der Waals surface area contributed by atoms with Gasteiger partial charge in [0.05, 0.1) is 16.3 Å². The summed E-state index contributed by atoms with van der Waals surface area (Å²) in [7, 11) is 0. The van der Waals surface area contributed by atoms with Gasteiger partial charge in [-0.15, -0.1) is 24.0 Å². The van der Waals surface area contributed by atoms with Crippen molar-refractivity contribution < 1.29 is 0 Å². The number of thiazole rings is 1. The number of hydrogen-bond acceptors (Lipinski definition) is 5. The third-order valence-electron chi connectivity index (χ3n) is 1.60. The van der Waals surface area contributed by atoms with Crippen LogP contribution in [0.2, 0.25) is 0 Å². The summed E-state index contributed by atoms with van der Waals surface area (Å²) in [5.74, 6) is 0. The lowest BCUT2D eigenvalue weighted by Gasteiger charge is -1.93. The van der Waals surface area contributed by atoms with Gasteiger partial charge in [0.1, 0.15) is 4.58 Å². The molecule has 14 heavy (non-hydrogen) atoms. The van der Waals surface area contributed by atoms with Crippen molar-refractivity contribution in [3.8, 4) is 6.07 Å². The first kappa shape index (κ1) is 9.84. The number of fused-ring (bicyclic) bond motifs is 1. The number of para-hydroxylation sites is 1. The summed E-state index contributed by atoms with van der Waals surface area (Å²) in [5, 5.41) is 8.60. The maximum Gasteiger partial charge on any atom is 0.153 e. The van der Waals surface area contributed by atoms with Crippen molar-refractivity contribution in [1.29, 1.82) is 5.26 Å². The van der Waals surface area contributed by atoms with Gasteiger partial charge in [-0.05, 0) is 12.1 Å². The first-order valence-corrected chi connectivity index (χ1v) is 6.11. The molecule has 0 amide bonds. The van der Waals surface area contributed by atoms with E-state index in [2.05, 4.69) is 23.7 Å². The minimum Gasteiger partial charge on any atom is -0.230 e. The highest BCUT2D eigenvalue weighted by Crippen LogP contribution is 2.32. The molecule has 0 aliphatic carbocycles. The lowest BCUT2D eigenvalue weighted by Crippen LogP contribution is -1.83. The van der Waals surface area contributed by atoms with Gasteiger partial charge >= 0.3 is 0 Å². The third kappa shape index (κ3) is 2.03. The van der Waals surface area contributed by atoms with Crippen LogP contribution in [0.4, 0.5) is 0 Å². The van der Waals surface area contributed by atoms with E-state index >= 15 is 0 Å². The molecule has 1 heterocycles. The molecule has 70 valence electrons. The van der Waals surface area contributed by atoms with E-state index in [0.29, 0.717) is 0 Å². The van der Waals surface area contributed by atoms with Crippen LogP contribution in [0.3, 0.4) is 0 Å². The Bertz CT molecular complexity index is 453. The second-order valence-electron chi connectivity index (χ2n) is 2.55. The molecule has 0 fully saturated rings. The van der Waals surface area contributed by atoms with Crippen LogP contribution in [-0.4, -0.2) is 9.57 Å². The van der Waals surface area contributed by atoms with Crippen LogP contribution < -0.4 is 0 Å². The number of thioether (sulfide) groups is 1. The van der Waals surface area contributed by atoms with Crippen molar-refractivity contribution in [3.05, 3.63) is 24.3 Å². The molecule has 2 aromatic rings. The van der Waals surface area contributed by atoms with Crippen LogP contribution in [-0.2, 0) is 0 Å². The van der Waals surface area contributed by atoms with Crippen LogP contribution in [0, 0.1) is 11.3 Å². The minimum absolute atomic E-state index is 0.337. The van der Waals surface area contributed by atoms with Gasteiger partial charge in [-0.25, -0.2) is 4.98 Å². The van der Waals surface area contributed by atoms with Gasteiger partial charge in [0.25, 0.3) is 0 Å². The molecule has 0 N–H and O–H groups in total. The van der Waals surface area contributed by atoms with Crippen molar-refractivity contribution in [3.63, 3.8) is 0 Å². The molecule has 0 aliphatic heterocycles. The molecular weight excluding hydrogens is 232 g/mol. The maximum atomic E-state index is 8.60. The largest absolute Gasteiger partial charge is 0.230 e. The molecule has 1 atom stereocenters. The predicted octanol–water partition coefficient (Wildman–Crippen LogP) is 3.17. The second-order valence-corrected chi connectivity index (χ2v) is 5.80. The Morgan fingerprint density at radius 3 is 3.00 bits per heavy atom. The fourth-order valence-corrected chi connectivity index (χ4v) is 3.38. The van der Waals surface area contributed by atoms with E-state index in [9.17, 15) is 0 Å². The molecule has 0 saturated carbocycles. The first-order valence-electron chi connectivity index (χ1n) is 3.89. The van der Waals surface area contributed by atoms with Crippen LogP contribution >= 0.6 is 35.7 Å². The Morgan fingerprint density at radius 1 is 1.50 bits per heavy atom. The number of benzene rings is 1. The van der Waals surface area contributed by atoms with Gasteiger partial charge in [0.2, 0.25) is 0 Å². The summed E-state index contributed by atoms with van der Waals surface area (Å²) < 4.78 is 1.71. The Labute approximate surface area is 95.4 Å². The summed E-state index contributed by atoms with van der Waals surface area (Å²) in [4.78, 5) is 4.38. The number of nitriles is 1. The quantitative estimate of drug-likeness (QED) is 0.496. The second kappa shape index (κ2) is 4.22. The molecule has 1 aromatic heterocycles. The van der Waals surface area contributed by atoms with E-state index in [1.807, 2.05) is 24.3 Å². The lowest BCUT2D eigenvalue weighted by atomic mass is 10.3. The molecule has 2 rings (SSSR count). The number of thiol groups is 1. The van der Waals surface area contributed by atoms with Gasteiger partial charge in [0.15, 0.2) is 4.34 Å². The van der Waals surface area contributed by atoms with Crippen LogP contribution in [0.15, 0.2) is 28.6 Å². The normalized spacial score (nSPS) is 12.6. The monoisotopic (exact) mass is 238 g/mol. The van der Waals surface area contributed by atoms with Crippen molar-refractivity contribution in [2.75, 3.05) is 0 Å². The zero-order valence-electron chi connectivity index (χ0n) is 7.04. The molecule has 0 aliphatic rings. The first-order chi connectivity index (χ1) is 6.79. The van der Waals surface area contributed by atoms with Gasteiger partial charge in [-0.3, -0.25) is 0 Å². The molecular formula is C9H6N2S3. The van der Waals surface area contributed by atoms with E-state index < -0.39 is 0 Å². The molecule has 1 unspecified atom stereocenters. The van der Waals surface area contributed by atoms with Crippen LogP contribution in [0.1, 0.15) is 0 Å². The maximum absolute atomic E-state index is 8.60. The number of aromatic nitrogens is 1. The Hall–Kier alpha value is -0.700. The fourth-order valence-electron chi connectivity index (χ4n) is 1.02. The standard InChI is InChI=1S/C9H6N2S3/c10-5-8(12)14-9-11-6-3-1-2-4-7(6)13-9/h1-4,8,12H. The third-order valence-corrected chi connectivity index (χ3v) is 4.02. The van der Waals surface area contributed by atoms with Gasteiger partial charge in [-0.1, -0.05) is 23.9 Å². The van der Waals surface area contributed by atoms with Crippen molar-refractivity contribution in [2.45, 2.75) is 8.92 Å². The van der Waals surface area contributed by atoms with Crippen LogP contribution in [0.25, 0.3) is 10.2 Å². The Morgan fingerprint density at radius 2 is 2.29 bits per heavy atom. The zero-order valence-corrected chi connectivity index (χ0v) is 9.57. The Kier molecular flexibility index (Phi) is 2.96. The molecule has 2 nitrogen and oxygen atoms in total. The topological polar surface area (TPSA) is 36.7 Å². The SMILES string of the molecule is N#CC(S)Sc1nc2ccccc2s1. The van der Waals surface area contributed by atoms with Gasteiger partial charge < -0.3 is 0 Å². The summed E-state index contributed by atoms with van der Waals surface area (Å²) >= 11 is 7.06. The summed E-state index contributed by atoms with van der Waals surface area (Å²) in [6.45, 7) is 0. The van der Waals surface area contributed by atoms with Crippen molar-refractivity contribution >= 4 is 45.9 Å². The molecule has 0 radical (unpaired) electrons. The lowest BCUT2D eigenvalue weighted by molar-refractivity contribution is 1.30. The fraction of sp³-hybridized carbons (Fsp3) is 0.111. The molecule has 0 saturated heterocycles. The average molecular weight is 238 g/mol. The van der Waals surface area contributed by atoms with Gasteiger partial charge in [-0.2, -0.15) is 5.26 Å². The Balaban J connectivity index is 2.32. The number of rotatable bonds is 2. The van der Waals surface area contributed by atoms with E-state index in [-0.39, 0.29) is 4.58 Å². The summed E-state index contributed by atoms with van der Waals surface area (Å²) in [5.41, 5.74) is 0.985. The zero-order chi connectivity index (χ0) is 9.97. The number of hydrogen-bond donors (Lipinski definition) is 1. The minimum atomic E-state index is -0.337. The van der Waals surface area contributed by atoms with Gasteiger partial charge in [0, 0.05) is 0 Å². The number of nitrogens with zero attached hydrogens (tertiary/aromatic N) is 2. The van der Waals surface area contributed by atoms with E-state index in [1.54, 1.807) is 11.3 Å². The van der Waals surface area contributed by atoms with E-state index in [0.717, 1.165) is 14.6 Å². The molecule has 5 heteroatoms. The van der Waals surface area contributed by atoms with E-state index in [1.165, 1.54) is 11.8 Å². The highest BCUT2D eigenvalue weighted by molar-refractivity contribution is 8.11. The average Bonchev–Trinajstić information content (AvgIpc) is 2.59. The smallest absolute Gasteiger partial charge is 0.153 e. The van der Waals surface area contributed by atoms with Crippen molar-refractivity contribution in [1.82, 2.24) is 4.98 Å². The molecule has 0 spiro atoms. The summed E-state index contributed by atoms with van der Waals surface area (Å²) in [6.07, 6.45) is 0. The summed E-state index contributed by atoms with van der Waals surface area (Å²) in [6, 6.07) is 9.99. The molecule has 1 aromatic carbocycles. The highest BCUT2D eigenvalue weighted by atomic mass is 32.2. The predicted molar refractivity (Wildman–Crippen MR) is 63.9 cm³/mol. The highest BCUT2D eigenvalue weighted by Gasteiger charge is 2.08.